The van der Waals surface area contributed by atoms with Crippen molar-refractivity contribution in [2.75, 3.05) is 9.80 Å². The fourth-order valence-electron chi connectivity index (χ4n) is 12.6. The number of fused-ring (bicyclic) bond motifs is 6. The summed E-state index contributed by atoms with van der Waals surface area (Å²) >= 11 is 0. The van der Waals surface area contributed by atoms with Gasteiger partial charge in [0.2, 0.25) is 0 Å². The van der Waals surface area contributed by atoms with Crippen molar-refractivity contribution in [1.82, 2.24) is 9.47 Å². The van der Waals surface area contributed by atoms with E-state index in [2.05, 4.69) is 227 Å². The Morgan fingerprint density at radius 3 is 2.22 bits per heavy atom. The molecule has 1 fully saturated rings. The van der Waals surface area contributed by atoms with Crippen molar-refractivity contribution in [3.05, 3.63) is 240 Å². The quantitative estimate of drug-likeness (QED) is 0.167. The Labute approximate surface area is 386 Å². The highest BCUT2D eigenvalue weighted by atomic mass is 15.2. The van der Waals surface area contributed by atoms with Gasteiger partial charge in [0.1, 0.15) is 0 Å². The maximum absolute atomic E-state index is 2.74. The Morgan fingerprint density at radius 2 is 1.45 bits per heavy atom. The number of rotatable bonds is 9. The molecule has 1 saturated heterocycles. The van der Waals surface area contributed by atoms with Gasteiger partial charge in [0.25, 0.3) is 0 Å². The minimum atomic E-state index is 0.210. The Morgan fingerprint density at radius 1 is 0.662 bits per heavy atom. The van der Waals surface area contributed by atoms with Gasteiger partial charge in [-0.25, -0.2) is 0 Å². The molecule has 324 valence electrons. The summed E-state index contributed by atoms with van der Waals surface area (Å²) in [5.41, 5.74) is 14.1. The van der Waals surface area contributed by atoms with Crippen molar-refractivity contribution in [2.24, 2.45) is 17.8 Å². The predicted molar refractivity (Wildman–Crippen MR) is 271 cm³/mol. The van der Waals surface area contributed by atoms with Crippen molar-refractivity contribution in [3.63, 3.8) is 0 Å². The summed E-state index contributed by atoms with van der Waals surface area (Å²) in [6, 6.07) is 33.2. The van der Waals surface area contributed by atoms with Crippen LogP contribution in [0.4, 0.5) is 11.4 Å². The smallest absolute Gasteiger partial charge is 0.0585 e. The van der Waals surface area contributed by atoms with Crippen molar-refractivity contribution in [2.45, 2.75) is 88.5 Å². The lowest BCUT2D eigenvalue weighted by atomic mass is 9.82. The van der Waals surface area contributed by atoms with Gasteiger partial charge in [0.15, 0.2) is 0 Å². The molecule has 3 aromatic carbocycles. The van der Waals surface area contributed by atoms with Crippen LogP contribution in [-0.2, 0) is 12.8 Å². The van der Waals surface area contributed by atoms with Crippen molar-refractivity contribution in [1.29, 1.82) is 0 Å². The van der Waals surface area contributed by atoms with Crippen LogP contribution in [0.2, 0.25) is 0 Å². The number of allylic oxidation sites excluding steroid dienone is 16. The molecule has 4 aromatic rings. The fraction of sp³-hybridized carbons (Fsp3) is 0.279. The molecule has 12 rings (SSSR count). The molecule has 8 unspecified atom stereocenters. The molecule has 0 N–H and O–H groups in total. The molecule has 2 heterocycles. The molecule has 8 aliphatic rings. The normalized spacial score (nSPS) is 28.5. The molecule has 0 saturated carbocycles. The SMILES string of the molecule is CC1C=C(C2C=CC(N(c3ccccc3)C3CCc4c(c5ccccc5n4C4C=CC=CC4)C3)=CC2)C=CC1N(C1=CCC2C(=C1)C1C=CC=CC1N2C1=CC=CCC1)c1ccccc1. The number of anilines is 2. The Balaban J connectivity index is 0.799. The largest absolute Gasteiger partial charge is 0.360 e. The minimum Gasteiger partial charge on any atom is -0.360 e. The third-order valence-electron chi connectivity index (χ3n) is 15.6. The van der Waals surface area contributed by atoms with Crippen molar-refractivity contribution < 1.29 is 0 Å². The van der Waals surface area contributed by atoms with Crippen molar-refractivity contribution in [3.8, 4) is 0 Å². The van der Waals surface area contributed by atoms with Gasteiger partial charge >= 0.3 is 0 Å². The van der Waals surface area contributed by atoms with Crippen LogP contribution in [0.25, 0.3) is 10.9 Å². The first-order chi connectivity index (χ1) is 32.2. The summed E-state index contributed by atoms with van der Waals surface area (Å²) in [6.07, 6.45) is 54.1. The summed E-state index contributed by atoms with van der Waals surface area (Å²) in [5, 5.41) is 1.43. The van der Waals surface area contributed by atoms with E-state index in [0.29, 0.717) is 41.9 Å². The molecular weight excluding hydrogens is 789 g/mol. The number of nitrogens with zero attached hydrogens (tertiary/aromatic N) is 4. The molecule has 4 nitrogen and oxygen atoms in total. The zero-order chi connectivity index (χ0) is 43.3. The van der Waals surface area contributed by atoms with Crippen LogP contribution >= 0.6 is 0 Å². The van der Waals surface area contributed by atoms with Gasteiger partial charge in [0, 0.05) is 62.9 Å². The molecule has 0 radical (unpaired) electrons. The maximum atomic E-state index is 2.74. The number of hydrogen-bond acceptors (Lipinski definition) is 3. The van der Waals surface area contributed by atoms with E-state index < -0.39 is 0 Å². The molecule has 65 heavy (non-hydrogen) atoms. The van der Waals surface area contributed by atoms with Gasteiger partial charge in [-0.3, -0.25) is 0 Å². The highest BCUT2D eigenvalue weighted by Gasteiger charge is 2.45. The van der Waals surface area contributed by atoms with Crippen LogP contribution in [0.3, 0.4) is 0 Å². The molecule has 0 spiro atoms. The predicted octanol–water partition coefficient (Wildman–Crippen LogP) is 13.8. The van der Waals surface area contributed by atoms with E-state index in [1.807, 2.05) is 0 Å². The fourth-order valence-corrected chi connectivity index (χ4v) is 12.6. The van der Waals surface area contributed by atoms with E-state index in [1.165, 1.54) is 56.2 Å². The summed E-state index contributed by atoms with van der Waals surface area (Å²) in [6.45, 7) is 2.43. The summed E-state index contributed by atoms with van der Waals surface area (Å²) < 4.78 is 2.66. The third-order valence-corrected chi connectivity index (χ3v) is 15.6. The number of aromatic nitrogens is 1. The highest BCUT2D eigenvalue weighted by molar-refractivity contribution is 5.86. The lowest BCUT2D eigenvalue weighted by Gasteiger charge is -2.40. The number of likely N-dealkylation sites (tertiary alicyclic amines) is 1. The molecule has 1 aliphatic heterocycles. The zero-order valence-electron chi connectivity index (χ0n) is 37.6. The van der Waals surface area contributed by atoms with Crippen LogP contribution in [0.1, 0.15) is 62.7 Å². The van der Waals surface area contributed by atoms with Gasteiger partial charge in [0.05, 0.1) is 24.2 Å². The highest BCUT2D eigenvalue weighted by Crippen LogP contribution is 2.47. The van der Waals surface area contributed by atoms with Gasteiger partial charge in [-0.2, -0.15) is 0 Å². The first-order valence-electron chi connectivity index (χ1n) is 24.5. The molecule has 7 aliphatic carbocycles. The maximum Gasteiger partial charge on any atom is 0.0585 e. The average Bonchev–Trinajstić information content (AvgIpc) is 3.88. The zero-order valence-corrected chi connectivity index (χ0v) is 37.6. The van der Waals surface area contributed by atoms with E-state index >= 15 is 0 Å². The van der Waals surface area contributed by atoms with Crippen LogP contribution in [0.15, 0.2) is 229 Å². The second-order valence-corrected chi connectivity index (χ2v) is 19.3. The first-order valence-corrected chi connectivity index (χ1v) is 24.5. The summed E-state index contributed by atoms with van der Waals surface area (Å²) in [5.74, 6) is 1.08. The lowest BCUT2D eigenvalue weighted by molar-refractivity contribution is 0.271. The summed E-state index contributed by atoms with van der Waals surface area (Å²) in [4.78, 5) is 8.04. The van der Waals surface area contributed by atoms with E-state index in [9.17, 15) is 0 Å². The van der Waals surface area contributed by atoms with Gasteiger partial charge in [-0.15, -0.1) is 0 Å². The van der Waals surface area contributed by atoms with E-state index in [4.69, 9.17) is 0 Å². The third kappa shape index (κ3) is 7.23. The van der Waals surface area contributed by atoms with Crippen LogP contribution < -0.4 is 9.80 Å². The number of benzene rings is 3. The molecular formula is C61H60N4. The Hall–Kier alpha value is -6.52. The molecule has 0 bridgehead atoms. The Kier molecular flexibility index (Phi) is 10.5. The average molecular weight is 849 g/mol. The second-order valence-electron chi connectivity index (χ2n) is 19.3. The van der Waals surface area contributed by atoms with Crippen LogP contribution in [0, 0.1) is 17.8 Å². The number of para-hydroxylation sites is 3. The minimum absolute atomic E-state index is 0.210. The molecule has 1 aromatic heterocycles. The monoisotopic (exact) mass is 848 g/mol. The number of hydrogen-bond donors (Lipinski definition) is 0. The van der Waals surface area contributed by atoms with Gasteiger partial charge < -0.3 is 19.3 Å². The molecule has 4 heteroatoms. The summed E-state index contributed by atoms with van der Waals surface area (Å²) in [7, 11) is 0. The van der Waals surface area contributed by atoms with Gasteiger partial charge in [-0.1, -0.05) is 159 Å². The van der Waals surface area contributed by atoms with Crippen molar-refractivity contribution >= 4 is 22.3 Å². The topological polar surface area (TPSA) is 14.7 Å². The van der Waals surface area contributed by atoms with E-state index in [0.717, 1.165) is 51.4 Å². The first kappa shape index (κ1) is 40.0. The van der Waals surface area contributed by atoms with E-state index in [-0.39, 0.29) is 6.04 Å². The molecule has 0 amide bonds. The second kappa shape index (κ2) is 17.1. The van der Waals surface area contributed by atoms with Crippen LogP contribution in [0.5, 0.6) is 0 Å². The Bertz CT molecular complexity index is 2850. The lowest BCUT2D eigenvalue weighted by Crippen LogP contribution is -2.40. The van der Waals surface area contributed by atoms with Gasteiger partial charge in [-0.05, 0) is 123 Å². The van der Waals surface area contributed by atoms with E-state index in [1.54, 1.807) is 5.57 Å². The standard InChI is InChI=1S/C61H60N4/c1-43-40-45(32-37-57(43)63(47-20-8-3-9-21-47)52-36-39-61-56(42-52)54-27-15-17-29-59(54)65(61)49-24-12-5-13-25-49)44-30-33-50(34-31-44)62(46-18-6-2-7-19-46)51-35-38-60-55(41-51)53-26-14-16-28-58(53)64(60)48-22-10-4-11-23-48/h2-12,14-22,24,26-30,32-34,36-37,40,42-44,48,51,54,57,59,61H,13,23,25,31,35,38-39,41H2,1H3. The molecule has 8 atom stereocenters. The van der Waals surface area contributed by atoms with Crippen LogP contribution in [-0.4, -0.2) is 33.6 Å².